The highest BCUT2D eigenvalue weighted by Crippen LogP contribution is 2.21. The molecule has 0 aliphatic carbocycles. The highest BCUT2D eigenvalue weighted by atomic mass is 79.9. The van der Waals surface area contributed by atoms with Crippen molar-refractivity contribution < 1.29 is 4.79 Å². The molecule has 0 atom stereocenters. The van der Waals surface area contributed by atoms with Gasteiger partial charge in [-0.2, -0.15) is 5.10 Å². The normalized spacial score (nSPS) is 11.0. The number of carbonyl (C=O) groups excluding carboxylic acids is 1. The number of rotatable bonds is 8. The lowest BCUT2D eigenvalue weighted by molar-refractivity contribution is -0.121. The zero-order valence-corrected chi connectivity index (χ0v) is 16.4. The first-order valence-electron chi connectivity index (χ1n) is 8.71. The highest BCUT2D eigenvalue weighted by Gasteiger charge is 2.04. The summed E-state index contributed by atoms with van der Waals surface area (Å²) in [6.45, 7) is 4.70. The van der Waals surface area contributed by atoms with Gasteiger partial charge in [0.2, 0.25) is 5.91 Å². The van der Waals surface area contributed by atoms with Crippen molar-refractivity contribution in [3.63, 3.8) is 0 Å². The molecule has 1 heterocycles. The van der Waals surface area contributed by atoms with Gasteiger partial charge >= 0.3 is 0 Å². The average Bonchev–Trinajstić information content (AvgIpc) is 3.09. The molecule has 3 rings (SSSR count). The van der Waals surface area contributed by atoms with Gasteiger partial charge in [0.25, 0.3) is 0 Å². The monoisotopic (exact) mass is 424 g/mol. The van der Waals surface area contributed by atoms with Crippen molar-refractivity contribution in [1.82, 2.24) is 15.7 Å². The first kappa shape index (κ1) is 18.9. The molecule has 0 fully saturated rings. The molecule has 0 aliphatic rings. The SMILES string of the molecule is C=C(NCCCC(=O)N/N=C/c1c[nH]c2ccccc12)c1ccccc1Br. The van der Waals surface area contributed by atoms with Crippen molar-refractivity contribution in [1.29, 1.82) is 0 Å². The predicted octanol–water partition coefficient (Wildman–Crippen LogP) is 4.42. The summed E-state index contributed by atoms with van der Waals surface area (Å²) in [5.74, 6) is -0.112. The Kier molecular flexibility index (Phi) is 6.44. The van der Waals surface area contributed by atoms with Crippen molar-refractivity contribution >= 4 is 44.7 Å². The van der Waals surface area contributed by atoms with Crippen LogP contribution >= 0.6 is 15.9 Å². The lowest BCUT2D eigenvalue weighted by Gasteiger charge is -2.10. The van der Waals surface area contributed by atoms with Crippen LogP contribution < -0.4 is 10.7 Å². The minimum atomic E-state index is -0.112. The second-order valence-corrected chi connectivity index (χ2v) is 6.93. The summed E-state index contributed by atoms with van der Waals surface area (Å²) in [6, 6.07) is 15.8. The summed E-state index contributed by atoms with van der Waals surface area (Å²) in [7, 11) is 0. The van der Waals surface area contributed by atoms with Crippen LogP contribution in [0.25, 0.3) is 16.6 Å². The Morgan fingerprint density at radius 2 is 1.96 bits per heavy atom. The van der Waals surface area contributed by atoms with Gasteiger partial charge in [-0.25, -0.2) is 5.43 Å². The van der Waals surface area contributed by atoms with E-state index in [4.69, 9.17) is 0 Å². The Morgan fingerprint density at radius 3 is 2.81 bits per heavy atom. The van der Waals surface area contributed by atoms with Crippen LogP contribution in [0.1, 0.15) is 24.0 Å². The van der Waals surface area contributed by atoms with Crippen LogP contribution in [0.5, 0.6) is 0 Å². The number of H-pyrrole nitrogens is 1. The summed E-state index contributed by atoms with van der Waals surface area (Å²) in [4.78, 5) is 15.1. The third-order valence-electron chi connectivity index (χ3n) is 4.13. The third kappa shape index (κ3) is 5.08. The van der Waals surface area contributed by atoms with E-state index in [1.54, 1.807) is 6.21 Å². The fraction of sp³-hybridized carbons (Fsp3) is 0.143. The molecule has 0 bridgehead atoms. The summed E-state index contributed by atoms with van der Waals surface area (Å²) >= 11 is 3.51. The number of amides is 1. The molecule has 6 heteroatoms. The Balaban J connectivity index is 1.40. The molecular formula is C21H21BrN4O. The lowest BCUT2D eigenvalue weighted by Crippen LogP contribution is -2.20. The number of halogens is 1. The molecular weight excluding hydrogens is 404 g/mol. The van der Waals surface area contributed by atoms with Gasteiger partial charge in [0.1, 0.15) is 0 Å². The number of hydrogen-bond acceptors (Lipinski definition) is 3. The number of hydrazone groups is 1. The fourth-order valence-electron chi connectivity index (χ4n) is 2.72. The number of para-hydroxylation sites is 1. The van der Waals surface area contributed by atoms with Gasteiger partial charge in [-0.1, -0.05) is 58.9 Å². The molecule has 138 valence electrons. The van der Waals surface area contributed by atoms with Gasteiger partial charge in [0, 0.05) is 51.4 Å². The van der Waals surface area contributed by atoms with Gasteiger partial charge in [-0.3, -0.25) is 4.79 Å². The van der Waals surface area contributed by atoms with Gasteiger partial charge in [0.05, 0.1) is 6.21 Å². The number of nitrogens with one attached hydrogen (secondary N) is 3. The molecule has 1 aromatic heterocycles. The Labute approximate surface area is 166 Å². The second-order valence-electron chi connectivity index (χ2n) is 6.07. The lowest BCUT2D eigenvalue weighted by atomic mass is 10.2. The maximum absolute atomic E-state index is 11.9. The average molecular weight is 425 g/mol. The van der Waals surface area contributed by atoms with Crippen molar-refractivity contribution in [2.24, 2.45) is 5.10 Å². The minimum absolute atomic E-state index is 0.112. The quantitative estimate of drug-likeness (QED) is 0.284. The number of aromatic amines is 1. The molecule has 5 nitrogen and oxygen atoms in total. The minimum Gasteiger partial charge on any atom is -0.385 e. The number of aromatic nitrogens is 1. The van der Waals surface area contributed by atoms with Crippen molar-refractivity contribution in [3.05, 3.63) is 76.9 Å². The van der Waals surface area contributed by atoms with Gasteiger partial charge < -0.3 is 10.3 Å². The van der Waals surface area contributed by atoms with Crippen LogP contribution in [0.2, 0.25) is 0 Å². The van der Waals surface area contributed by atoms with Crippen LogP contribution in [0.15, 0.2) is 70.9 Å². The van der Waals surface area contributed by atoms with Gasteiger partial charge in [0.15, 0.2) is 0 Å². The van der Waals surface area contributed by atoms with Crippen molar-refractivity contribution in [2.75, 3.05) is 6.54 Å². The molecule has 0 radical (unpaired) electrons. The van der Waals surface area contributed by atoms with Crippen LogP contribution in [-0.2, 0) is 4.79 Å². The maximum atomic E-state index is 11.9. The van der Waals surface area contributed by atoms with E-state index in [1.807, 2.05) is 54.7 Å². The molecule has 2 aromatic carbocycles. The Hall–Kier alpha value is -2.86. The first-order chi connectivity index (χ1) is 13.1. The zero-order chi connectivity index (χ0) is 19.1. The first-order valence-corrected chi connectivity index (χ1v) is 9.50. The molecule has 1 amide bonds. The molecule has 3 N–H and O–H groups in total. The number of carbonyl (C=O) groups is 1. The van der Waals surface area contributed by atoms with Crippen LogP contribution in [0.4, 0.5) is 0 Å². The van der Waals surface area contributed by atoms with Gasteiger partial charge in [-0.05, 0) is 18.6 Å². The van der Waals surface area contributed by atoms with Crippen LogP contribution in [-0.4, -0.2) is 23.7 Å². The number of hydrogen-bond donors (Lipinski definition) is 3. The molecule has 0 aliphatic heterocycles. The van der Waals surface area contributed by atoms with Crippen molar-refractivity contribution in [2.45, 2.75) is 12.8 Å². The predicted molar refractivity (Wildman–Crippen MR) is 114 cm³/mol. The smallest absolute Gasteiger partial charge is 0.240 e. The third-order valence-corrected chi connectivity index (χ3v) is 4.82. The molecule has 3 aromatic rings. The largest absolute Gasteiger partial charge is 0.385 e. The standard InChI is InChI=1S/C21H21BrN4O/c1-15(17-7-2-4-9-19(17)22)23-12-6-11-21(27)26-25-14-16-13-24-20-10-5-3-8-18(16)20/h2-5,7-10,13-14,23-24H,1,6,11-12H2,(H,26,27)/b25-14+. The summed E-state index contributed by atoms with van der Waals surface area (Å²) in [6.07, 6.45) is 4.61. The molecule has 0 saturated carbocycles. The van der Waals surface area contributed by atoms with E-state index in [-0.39, 0.29) is 5.91 Å². The van der Waals surface area contributed by atoms with E-state index in [1.165, 1.54) is 0 Å². The molecule has 0 saturated heterocycles. The zero-order valence-electron chi connectivity index (χ0n) is 14.8. The topological polar surface area (TPSA) is 69.3 Å². The van der Waals surface area contributed by atoms with E-state index >= 15 is 0 Å². The summed E-state index contributed by atoms with van der Waals surface area (Å²) in [5.41, 5.74) is 6.41. The van der Waals surface area contributed by atoms with E-state index in [0.717, 1.165) is 32.2 Å². The van der Waals surface area contributed by atoms with Crippen LogP contribution in [0, 0.1) is 0 Å². The molecule has 0 unspecified atom stereocenters. The van der Waals surface area contributed by atoms with E-state index in [9.17, 15) is 4.79 Å². The number of nitrogens with zero attached hydrogens (tertiary/aromatic N) is 1. The molecule has 0 spiro atoms. The Morgan fingerprint density at radius 1 is 1.19 bits per heavy atom. The van der Waals surface area contributed by atoms with Crippen molar-refractivity contribution in [3.8, 4) is 0 Å². The highest BCUT2D eigenvalue weighted by molar-refractivity contribution is 9.10. The van der Waals surface area contributed by atoms with E-state index in [0.29, 0.717) is 19.4 Å². The van der Waals surface area contributed by atoms with Gasteiger partial charge in [-0.15, -0.1) is 0 Å². The maximum Gasteiger partial charge on any atom is 0.240 e. The number of fused-ring (bicyclic) bond motifs is 1. The summed E-state index contributed by atoms with van der Waals surface area (Å²) < 4.78 is 0.992. The fourth-order valence-corrected chi connectivity index (χ4v) is 3.24. The van der Waals surface area contributed by atoms with Crippen LogP contribution in [0.3, 0.4) is 0 Å². The second kappa shape index (κ2) is 9.19. The van der Waals surface area contributed by atoms with E-state index < -0.39 is 0 Å². The van der Waals surface area contributed by atoms with E-state index in [2.05, 4.69) is 43.3 Å². The number of benzene rings is 2. The molecule has 27 heavy (non-hydrogen) atoms. The Bertz CT molecular complexity index is 977. The summed E-state index contributed by atoms with van der Waals surface area (Å²) in [5, 5.41) is 8.37.